The molecule has 1 fully saturated rings. The highest BCUT2D eigenvalue weighted by Crippen LogP contribution is 2.42. The van der Waals surface area contributed by atoms with Gasteiger partial charge in [0, 0.05) is 12.0 Å². The predicted octanol–water partition coefficient (Wildman–Crippen LogP) is 4.11. The lowest BCUT2D eigenvalue weighted by molar-refractivity contribution is -0.132. The summed E-state index contributed by atoms with van der Waals surface area (Å²) in [5.41, 5.74) is 2.70. The van der Waals surface area contributed by atoms with E-state index in [1.807, 2.05) is 25.1 Å². The second kappa shape index (κ2) is 7.09. The van der Waals surface area contributed by atoms with Crippen LogP contribution in [0.15, 0.2) is 70.9 Å². The first-order chi connectivity index (χ1) is 16.0. The third kappa shape index (κ3) is 2.95. The number of furan rings is 1. The van der Waals surface area contributed by atoms with Crippen molar-refractivity contribution in [1.82, 2.24) is 9.97 Å². The van der Waals surface area contributed by atoms with Crippen molar-refractivity contribution < 1.29 is 23.8 Å². The summed E-state index contributed by atoms with van der Waals surface area (Å²) in [5.74, 6) is -0.570. The number of ether oxygens (including phenoxy) is 1. The summed E-state index contributed by atoms with van der Waals surface area (Å²) in [6.45, 7) is 1.97. The van der Waals surface area contributed by atoms with Crippen LogP contribution >= 0.6 is 0 Å². The molecule has 2 aliphatic heterocycles. The molecule has 33 heavy (non-hydrogen) atoms. The van der Waals surface area contributed by atoms with E-state index in [1.165, 1.54) is 11.2 Å². The van der Waals surface area contributed by atoms with E-state index in [9.17, 15) is 14.7 Å². The number of imidazole rings is 1. The second-order valence-electron chi connectivity index (χ2n) is 8.22. The van der Waals surface area contributed by atoms with Gasteiger partial charge in [0.1, 0.15) is 29.4 Å². The highest BCUT2D eigenvalue weighted by Gasteiger charge is 2.49. The highest BCUT2D eigenvalue weighted by atomic mass is 16.5. The monoisotopic (exact) mass is 441 g/mol. The number of benzene rings is 2. The average Bonchev–Trinajstić information content (AvgIpc) is 3.58. The first-order valence-electron chi connectivity index (χ1n) is 10.6. The Morgan fingerprint density at radius 1 is 1.15 bits per heavy atom. The number of rotatable bonds is 3. The van der Waals surface area contributed by atoms with E-state index in [4.69, 9.17) is 9.15 Å². The number of para-hydroxylation sites is 2. The van der Waals surface area contributed by atoms with Gasteiger partial charge in [0.2, 0.25) is 5.95 Å². The van der Waals surface area contributed by atoms with Crippen molar-refractivity contribution in [2.24, 2.45) is 0 Å². The number of amides is 1. The molecule has 0 radical (unpaired) electrons. The van der Waals surface area contributed by atoms with Gasteiger partial charge in [-0.2, -0.15) is 0 Å². The molecule has 0 aliphatic carbocycles. The molecule has 8 nitrogen and oxygen atoms in total. The molecule has 4 heterocycles. The highest BCUT2D eigenvalue weighted by molar-refractivity contribution is 6.51. The van der Waals surface area contributed by atoms with Gasteiger partial charge in [-0.25, -0.2) is 4.98 Å². The van der Waals surface area contributed by atoms with E-state index in [0.717, 1.165) is 16.8 Å². The van der Waals surface area contributed by atoms with Gasteiger partial charge in [-0.15, -0.1) is 0 Å². The number of nitrogens with zero attached hydrogens (tertiary/aromatic N) is 2. The molecule has 8 heteroatoms. The molecular weight excluding hydrogens is 422 g/mol. The van der Waals surface area contributed by atoms with Crippen LogP contribution in [0.5, 0.6) is 5.75 Å². The van der Waals surface area contributed by atoms with Crippen molar-refractivity contribution in [3.8, 4) is 5.75 Å². The van der Waals surface area contributed by atoms with Crippen LogP contribution in [0, 0.1) is 0 Å². The number of ketones is 1. The number of aliphatic hydroxyl groups is 1. The lowest BCUT2D eigenvalue weighted by atomic mass is 9.97. The maximum absolute atomic E-state index is 13.2. The molecule has 2 aliphatic rings. The number of aromatic amines is 1. The number of hydrogen-bond acceptors (Lipinski definition) is 6. The Morgan fingerprint density at radius 3 is 2.79 bits per heavy atom. The minimum absolute atomic E-state index is 0.0409. The lowest BCUT2D eigenvalue weighted by Gasteiger charge is -2.20. The largest absolute Gasteiger partial charge is 0.507 e. The number of H-pyrrole nitrogens is 1. The van der Waals surface area contributed by atoms with Crippen LogP contribution in [0.25, 0.3) is 16.8 Å². The summed E-state index contributed by atoms with van der Waals surface area (Å²) < 4.78 is 11.3. The molecule has 2 aromatic heterocycles. The number of fused-ring (bicyclic) bond motifs is 2. The summed E-state index contributed by atoms with van der Waals surface area (Å²) >= 11 is 0. The van der Waals surface area contributed by atoms with Crippen molar-refractivity contribution >= 4 is 34.4 Å². The fourth-order valence-corrected chi connectivity index (χ4v) is 4.55. The van der Waals surface area contributed by atoms with Crippen LogP contribution in [0.4, 0.5) is 5.95 Å². The molecule has 2 unspecified atom stereocenters. The van der Waals surface area contributed by atoms with E-state index in [2.05, 4.69) is 9.97 Å². The first-order valence-corrected chi connectivity index (χ1v) is 10.6. The zero-order valence-electron chi connectivity index (χ0n) is 17.6. The Kier molecular flexibility index (Phi) is 4.16. The molecule has 164 valence electrons. The van der Waals surface area contributed by atoms with Gasteiger partial charge in [0.25, 0.3) is 5.78 Å². The number of nitrogens with one attached hydrogen (secondary N) is 1. The van der Waals surface area contributed by atoms with Crippen LogP contribution in [0.1, 0.15) is 29.9 Å². The van der Waals surface area contributed by atoms with Gasteiger partial charge >= 0.3 is 5.91 Å². The maximum Gasteiger partial charge on any atom is 0.302 e. The van der Waals surface area contributed by atoms with E-state index in [0.29, 0.717) is 23.3 Å². The molecule has 2 N–H and O–H groups in total. The van der Waals surface area contributed by atoms with E-state index >= 15 is 0 Å². The number of carbonyl (C=O) groups is 2. The predicted molar refractivity (Wildman–Crippen MR) is 120 cm³/mol. The second-order valence-corrected chi connectivity index (χ2v) is 8.22. The quantitative estimate of drug-likeness (QED) is 0.281. The Labute approximate surface area is 188 Å². The molecule has 1 amide bonds. The molecule has 0 bridgehead atoms. The minimum Gasteiger partial charge on any atom is -0.507 e. The van der Waals surface area contributed by atoms with Crippen molar-refractivity contribution in [2.75, 3.05) is 4.90 Å². The summed E-state index contributed by atoms with van der Waals surface area (Å²) in [4.78, 5) is 35.2. The number of anilines is 1. The number of aromatic nitrogens is 2. The SMILES string of the molecule is CC1Cc2cc(/C(O)=C3\C(=O)C(=O)N(c4nc5ccccc5[nH]4)C3c3ccco3)ccc2O1. The smallest absolute Gasteiger partial charge is 0.302 e. The fraction of sp³-hybridized carbons (Fsp3) is 0.160. The van der Waals surface area contributed by atoms with Crippen molar-refractivity contribution in [2.45, 2.75) is 25.5 Å². The average molecular weight is 441 g/mol. The van der Waals surface area contributed by atoms with Gasteiger partial charge < -0.3 is 19.2 Å². The Balaban J connectivity index is 1.52. The molecule has 0 saturated carbocycles. The summed E-state index contributed by atoms with van der Waals surface area (Å²) in [6, 6.07) is 14.9. The molecular formula is C25H19N3O5. The number of Topliss-reactive ketones (excluding diaryl/α,β-unsaturated/α-hetero) is 1. The maximum atomic E-state index is 13.2. The van der Waals surface area contributed by atoms with Crippen LogP contribution in [0.2, 0.25) is 0 Å². The Hall–Kier alpha value is -4.33. The van der Waals surface area contributed by atoms with Crippen LogP contribution in [-0.2, 0) is 16.0 Å². The minimum atomic E-state index is -0.969. The van der Waals surface area contributed by atoms with Gasteiger partial charge in [-0.3, -0.25) is 14.5 Å². The van der Waals surface area contributed by atoms with Crippen LogP contribution < -0.4 is 9.64 Å². The molecule has 1 saturated heterocycles. The number of hydrogen-bond donors (Lipinski definition) is 2. The zero-order valence-corrected chi connectivity index (χ0v) is 17.6. The molecule has 0 spiro atoms. The van der Waals surface area contributed by atoms with Gasteiger partial charge in [0.15, 0.2) is 0 Å². The summed E-state index contributed by atoms with van der Waals surface area (Å²) in [6.07, 6.45) is 2.20. The van der Waals surface area contributed by atoms with E-state index < -0.39 is 17.7 Å². The van der Waals surface area contributed by atoms with Gasteiger partial charge in [-0.1, -0.05) is 12.1 Å². The topological polar surface area (TPSA) is 109 Å². The molecule has 4 aromatic rings. The van der Waals surface area contributed by atoms with Crippen molar-refractivity contribution in [3.63, 3.8) is 0 Å². The third-order valence-electron chi connectivity index (χ3n) is 6.03. The normalized spacial score (nSPS) is 21.5. The van der Waals surface area contributed by atoms with Crippen molar-refractivity contribution in [1.29, 1.82) is 0 Å². The van der Waals surface area contributed by atoms with Gasteiger partial charge in [0.05, 0.1) is 22.9 Å². The number of carbonyl (C=O) groups excluding carboxylic acids is 2. The zero-order chi connectivity index (χ0) is 22.7. The van der Waals surface area contributed by atoms with E-state index in [-0.39, 0.29) is 23.4 Å². The standard InChI is InChI=1S/C25H19N3O5/c1-13-11-15-12-14(8-9-18(15)33-13)22(29)20-21(19-7-4-10-32-19)28(24(31)23(20)30)25-26-16-5-2-3-6-17(16)27-25/h2-10,12-13,21,29H,11H2,1H3,(H,26,27)/b22-20+. The van der Waals surface area contributed by atoms with E-state index in [1.54, 1.807) is 36.4 Å². The van der Waals surface area contributed by atoms with Gasteiger partial charge in [-0.05, 0) is 55.0 Å². The first kappa shape index (κ1) is 19.4. The van der Waals surface area contributed by atoms with Crippen molar-refractivity contribution in [3.05, 3.63) is 83.3 Å². The van der Waals surface area contributed by atoms with Crippen LogP contribution in [0.3, 0.4) is 0 Å². The number of aliphatic hydroxyl groups excluding tert-OH is 1. The Bertz CT molecular complexity index is 1420. The summed E-state index contributed by atoms with van der Waals surface area (Å²) in [7, 11) is 0. The summed E-state index contributed by atoms with van der Waals surface area (Å²) in [5, 5.41) is 11.2. The third-order valence-corrected chi connectivity index (χ3v) is 6.03. The molecule has 2 aromatic carbocycles. The lowest BCUT2D eigenvalue weighted by Crippen LogP contribution is -2.30. The molecule has 6 rings (SSSR count). The molecule has 2 atom stereocenters. The van der Waals surface area contributed by atoms with Crippen LogP contribution in [-0.4, -0.2) is 32.9 Å². The Morgan fingerprint density at radius 2 is 2.00 bits per heavy atom. The fourth-order valence-electron chi connectivity index (χ4n) is 4.55.